The smallest absolute Gasteiger partial charge is 0.126 e. The van der Waals surface area contributed by atoms with Gasteiger partial charge in [0.25, 0.3) is 0 Å². The van der Waals surface area contributed by atoms with Gasteiger partial charge in [0.1, 0.15) is 11.6 Å². The normalized spacial score (nSPS) is 11.0. The molecule has 0 aliphatic rings. The van der Waals surface area contributed by atoms with E-state index in [-0.39, 0.29) is 0 Å². The van der Waals surface area contributed by atoms with Gasteiger partial charge in [-0.15, -0.1) is 9.24 Å². The lowest BCUT2D eigenvalue weighted by Crippen LogP contribution is -1.97. The third-order valence-electron chi connectivity index (χ3n) is 3.44. The van der Waals surface area contributed by atoms with Crippen LogP contribution < -0.4 is 5.30 Å². The van der Waals surface area contributed by atoms with Crippen molar-refractivity contribution in [2.45, 2.75) is 13.3 Å². The van der Waals surface area contributed by atoms with Crippen LogP contribution in [0.15, 0.2) is 42.5 Å². The Hall–Kier alpha value is -1.86. The average Bonchev–Trinajstić information content (AvgIpc) is 2.44. The number of nitrogens with zero attached hydrogens (tertiary/aromatic N) is 1. The molecule has 0 radical (unpaired) electrons. The SMILES string of the molecule is CCc1cc2ccc(P)cc2nc1-c1cc(F)cc(F)c1. The first-order valence-corrected chi connectivity index (χ1v) is 7.30. The van der Waals surface area contributed by atoms with Crippen molar-refractivity contribution < 1.29 is 8.78 Å². The van der Waals surface area contributed by atoms with E-state index in [0.717, 1.165) is 34.3 Å². The van der Waals surface area contributed by atoms with Crippen LogP contribution in [-0.2, 0) is 6.42 Å². The molecule has 0 saturated heterocycles. The molecule has 0 bridgehead atoms. The third-order valence-corrected chi connectivity index (χ3v) is 3.80. The van der Waals surface area contributed by atoms with Crippen LogP contribution in [0.1, 0.15) is 12.5 Å². The van der Waals surface area contributed by atoms with Crippen LogP contribution in [0.25, 0.3) is 22.2 Å². The standard InChI is InChI=1S/C17H14F2NP/c1-2-10-5-11-3-4-15(21)9-16(11)20-17(10)12-6-13(18)8-14(19)7-12/h3-9H,2,21H2,1H3. The van der Waals surface area contributed by atoms with Crippen LogP contribution in [0.5, 0.6) is 0 Å². The molecule has 3 rings (SSSR count). The molecule has 4 heteroatoms. The Morgan fingerprint density at radius 1 is 1.00 bits per heavy atom. The number of aryl methyl sites for hydroxylation is 1. The first-order valence-electron chi connectivity index (χ1n) is 6.72. The predicted molar refractivity (Wildman–Crippen MR) is 85.8 cm³/mol. The summed E-state index contributed by atoms with van der Waals surface area (Å²) in [5.41, 5.74) is 2.91. The molecule has 0 spiro atoms. The molecule has 0 aliphatic carbocycles. The number of pyridine rings is 1. The lowest BCUT2D eigenvalue weighted by Gasteiger charge is -2.10. The van der Waals surface area contributed by atoms with Crippen LogP contribution in [0.2, 0.25) is 0 Å². The van der Waals surface area contributed by atoms with Crippen LogP contribution in [-0.4, -0.2) is 4.98 Å². The van der Waals surface area contributed by atoms with Crippen molar-refractivity contribution >= 4 is 25.4 Å². The van der Waals surface area contributed by atoms with Crippen molar-refractivity contribution in [3.05, 3.63) is 59.7 Å². The monoisotopic (exact) mass is 301 g/mol. The minimum Gasteiger partial charge on any atom is -0.247 e. The number of aromatic nitrogens is 1. The van der Waals surface area contributed by atoms with Crippen molar-refractivity contribution in [2.24, 2.45) is 0 Å². The van der Waals surface area contributed by atoms with Crippen molar-refractivity contribution in [3.8, 4) is 11.3 Å². The predicted octanol–water partition coefficient (Wildman–Crippen LogP) is 4.24. The average molecular weight is 301 g/mol. The van der Waals surface area contributed by atoms with Gasteiger partial charge in [-0.2, -0.15) is 0 Å². The largest absolute Gasteiger partial charge is 0.247 e. The molecule has 21 heavy (non-hydrogen) atoms. The van der Waals surface area contributed by atoms with E-state index in [0.29, 0.717) is 11.3 Å². The Balaban J connectivity index is 2.29. The van der Waals surface area contributed by atoms with Crippen molar-refractivity contribution in [1.29, 1.82) is 0 Å². The Bertz CT molecular complexity index is 810. The van der Waals surface area contributed by atoms with E-state index >= 15 is 0 Å². The zero-order valence-electron chi connectivity index (χ0n) is 11.5. The summed E-state index contributed by atoms with van der Waals surface area (Å²) in [6.07, 6.45) is 0.749. The molecule has 3 aromatic rings. The van der Waals surface area contributed by atoms with Gasteiger partial charge in [0.2, 0.25) is 0 Å². The molecule has 106 valence electrons. The zero-order chi connectivity index (χ0) is 15.0. The number of hydrogen-bond acceptors (Lipinski definition) is 1. The summed E-state index contributed by atoms with van der Waals surface area (Å²) in [5, 5.41) is 2.05. The third kappa shape index (κ3) is 2.79. The maximum Gasteiger partial charge on any atom is 0.126 e. The van der Waals surface area contributed by atoms with Crippen molar-refractivity contribution in [1.82, 2.24) is 4.98 Å². The van der Waals surface area contributed by atoms with Gasteiger partial charge in [-0.3, -0.25) is 0 Å². The Kier molecular flexibility index (Phi) is 3.69. The molecule has 1 nitrogen and oxygen atoms in total. The Morgan fingerprint density at radius 3 is 2.38 bits per heavy atom. The Labute approximate surface area is 124 Å². The molecular weight excluding hydrogens is 287 g/mol. The zero-order valence-corrected chi connectivity index (χ0v) is 12.7. The van der Waals surface area contributed by atoms with E-state index in [4.69, 9.17) is 0 Å². The van der Waals surface area contributed by atoms with Crippen molar-refractivity contribution in [2.75, 3.05) is 0 Å². The van der Waals surface area contributed by atoms with Gasteiger partial charge in [0, 0.05) is 17.0 Å². The number of hydrogen-bond donors (Lipinski definition) is 0. The lowest BCUT2D eigenvalue weighted by atomic mass is 10.0. The number of fused-ring (bicyclic) bond motifs is 1. The van der Waals surface area contributed by atoms with E-state index in [2.05, 4.69) is 14.2 Å². The summed E-state index contributed by atoms with van der Waals surface area (Å²) in [6.45, 7) is 2.01. The highest BCUT2D eigenvalue weighted by Gasteiger charge is 2.11. The van der Waals surface area contributed by atoms with Crippen molar-refractivity contribution in [3.63, 3.8) is 0 Å². The highest BCUT2D eigenvalue weighted by atomic mass is 31.0. The highest BCUT2D eigenvalue weighted by Crippen LogP contribution is 2.27. The highest BCUT2D eigenvalue weighted by molar-refractivity contribution is 7.27. The molecule has 1 unspecified atom stereocenters. The van der Waals surface area contributed by atoms with Gasteiger partial charge in [-0.25, -0.2) is 13.8 Å². The van der Waals surface area contributed by atoms with E-state index in [1.54, 1.807) is 0 Å². The molecule has 0 saturated carbocycles. The minimum atomic E-state index is -0.589. The number of benzene rings is 2. The molecule has 0 aliphatic heterocycles. The van der Waals surface area contributed by atoms with Gasteiger partial charge < -0.3 is 0 Å². The van der Waals surface area contributed by atoms with E-state index in [1.165, 1.54) is 12.1 Å². The van der Waals surface area contributed by atoms with E-state index < -0.39 is 11.6 Å². The van der Waals surface area contributed by atoms with Crippen LogP contribution >= 0.6 is 9.24 Å². The Morgan fingerprint density at radius 2 is 1.71 bits per heavy atom. The number of rotatable bonds is 2. The second-order valence-corrected chi connectivity index (χ2v) is 5.63. The van der Waals surface area contributed by atoms with Crippen LogP contribution in [0.3, 0.4) is 0 Å². The molecule has 0 N–H and O–H groups in total. The van der Waals surface area contributed by atoms with E-state index in [9.17, 15) is 8.78 Å². The summed E-state index contributed by atoms with van der Waals surface area (Å²) in [7, 11) is 2.63. The van der Waals surface area contributed by atoms with Gasteiger partial charge >= 0.3 is 0 Å². The quantitative estimate of drug-likeness (QED) is 0.645. The number of halogens is 2. The van der Waals surface area contributed by atoms with Crippen LogP contribution in [0, 0.1) is 11.6 Å². The molecule has 1 atom stereocenters. The summed E-state index contributed by atoms with van der Waals surface area (Å²) >= 11 is 0. The van der Waals surface area contributed by atoms with Gasteiger partial charge in [0.05, 0.1) is 11.2 Å². The maximum atomic E-state index is 13.5. The fourth-order valence-electron chi connectivity index (χ4n) is 2.44. The summed E-state index contributed by atoms with van der Waals surface area (Å²) in [4.78, 5) is 4.61. The van der Waals surface area contributed by atoms with Crippen LogP contribution in [0.4, 0.5) is 8.78 Å². The fourth-order valence-corrected chi connectivity index (χ4v) is 2.69. The molecular formula is C17H14F2NP. The molecule has 0 amide bonds. The molecule has 1 heterocycles. The first-order chi connectivity index (χ1) is 10.1. The van der Waals surface area contributed by atoms with Gasteiger partial charge in [-0.05, 0) is 41.6 Å². The molecule has 0 fully saturated rings. The van der Waals surface area contributed by atoms with Gasteiger partial charge in [-0.1, -0.05) is 19.1 Å². The minimum absolute atomic E-state index is 0.473. The first kappa shape index (κ1) is 14.1. The molecule has 2 aromatic carbocycles. The second kappa shape index (κ2) is 5.50. The second-order valence-electron chi connectivity index (χ2n) is 4.96. The van der Waals surface area contributed by atoms with E-state index in [1.807, 2.05) is 31.2 Å². The summed E-state index contributed by atoms with van der Waals surface area (Å²) < 4.78 is 26.9. The van der Waals surface area contributed by atoms with Gasteiger partial charge in [0.15, 0.2) is 0 Å². The topological polar surface area (TPSA) is 12.9 Å². The summed E-state index contributed by atoms with van der Waals surface area (Å²) in [5.74, 6) is -1.18. The molecule has 1 aromatic heterocycles. The maximum absolute atomic E-state index is 13.5. The summed E-state index contributed by atoms with van der Waals surface area (Å²) in [6, 6.07) is 11.5. The fraction of sp³-hybridized carbons (Fsp3) is 0.118. The lowest BCUT2D eigenvalue weighted by molar-refractivity contribution is 0.584.